The Morgan fingerprint density at radius 1 is 1.35 bits per heavy atom. The van der Waals surface area contributed by atoms with E-state index in [0.29, 0.717) is 12.1 Å². The van der Waals surface area contributed by atoms with E-state index in [2.05, 4.69) is 20.7 Å². The van der Waals surface area contributed by atoms with Crippen molar-refractivity contribution in [1.29, 1.82) is 0 Å². The molecule has 0 amide bonds. The van der Waals surface area contributed by atoms with Gasteiger partial charge in [0.15, 0.2) is 0 Å². The zero-order valence-corrected chi connectivity index (χ0v) is 13.9. The third-order valence-electron chi connectivity index (χ3n) is 2.59. The lowest BCUT2D eigenvalue weighted by Gasteiger charge is -2.12. The number of esters is 1. The van der Waals surface area contributed by atoms with Gasteiger partial charge < -0.3 is 4.74 Å². The quantitative estimate of drug-likeness (QED) is 0.755. The van der Waals surface area contributed by atoms with Crippen molar-refractivity contribution < 1.29 is 17.9 Å². The molecule has 20 heavy (non-hydrogen) atoms. The van der Waals surface area contributed by atoms with Crippen LogP contribution in [0.1, 0.15) is 25.8 Å². The molecule has 1 N–H and O–H groups in total. The topological polar surface area (TPSA) is 72.5 Å². The fraction of sp³-hybridized carbons (Fsp3) is 0.462. The van der Waals surface area contributed by atoms with E-state index in [1.54, 1.807) is 19.1 Å². The van der Waals surface area contributed by atoms with Gasteiger partial charge in [-0.25, -0.2) is 8.42 Å². The van der Waals surface area contributed by atoms with Gasteiger partial charge in [0, 0.05) is 4.47 Å². The molecule has 0 spiro atoms. The van der Waals surface area contributed by atoms with Crippen LogP contribution in [0.3, 0.4) is 0 Å². The van der Waals surface area contributed by atoms with Crippen LogP contribution in [0.4, 0.5) is 5.69 Å². The molecule has 7 heteroatoms. The Labute approximate surface area is 127 Å². The lowest BCUT2D eigenvalue weighted by atomic mass is 10.1. The minimum Gasteiger partial charge on any atom is -0.466 e. The third-order valence-corrected chi connectivity index (χ3v) is 4.36. The zero-order valence-electron chi connectivity index (χ0n) is 11.5. The normalized spacial score (nSPS) is 11.2. The fourth-order valence-corrected chi connectivity index (χ4v) is 3.10. The summed E-state index contributed by atoms with van der Waals surface area (Å²) in [6.45, 7) is 3.87. The van der Waals surface area contributed by atoms with Gasteiger partial charge in [-0.3, -0.25) is 9.52 Å². The number of benzene rings is 1. The van der Waals surface area contributed by atoms with Gasteiger partial charge >= 0.3 is 5.97 Å². The SMILES string of the molecule is CCOC(=O)CCS(=O)(=O)Nc1ccc(Br)cc1CC. The van der Waals surface area contributed by atoms with Gasteiger partial charge in [-0.1, -0.05) is 22.9 Å². The van der Waals surface area contributed by atoms with Crippen molar-refractivity contribution in [2.75, 3.05) is 17.1 Å². The van der Waals surface area contributed by atoms with Crippen molar-refractivity contribution in [3.63, 3.8) is 0 Å². The number of ether oxygens (including phenoxy) is 1. The number of carbonyl (C=O) groups excluding carboxylic acids is 1. The first-order chi connectivity index (χ1) is 9.38. The molecular weight excluding hydrogens is 346 g/mol. The zero-order chi connectivity index (χ0) is 15.2. The van der Waals surface area contributed by atoms with Crippen LogP contribution in [-0.4, -0.2) is 26.7 Å². The lowest BCUT2D eigenvalue weighted by Crippen LogP contribution is -2.20. The second-order valence-corrected chi connectivity index (χ2v) is 6.89. The second-order valence-electron chi connectivity index (χ2n) is 4.13. The van der Waals surface area contributed by atoms with Gasteiger partial charge in [0.2, 0.25) is 10.0 Å². The largest absolute Gasteiger partial charge is 0.466 e. The van der Waals surface area contributed by atoms with Gasteiger partial charge in [-0.15, -0.1) is 0 Å². The summed E-state index contributed by atoms with van der Waals surface area (Å²) in [4.78, 5) is 11.2. The highest BCUT2D eigenvalue weighted by molar-refractivity contribution is 9.10. The number of halogens is 1. The molecule has 0 heterocycles. The molecule has 0 atom stereocenters. The molecule has 0 saturated heterocycles. The Morgan fingerprint density at radius 3 is 2.65 bits per heavy atom. The minimum atomic E-state index is -3.56. The van der Waals surface area contributed by atoms with Crippen LogP contribution in [0.2, 0.25) is 0 Å². The Bertz CT molecular complexity index is 572. The van der Waals surface area contributed by atoms with E-state index in [1.807, 2.05) is 13.0 Å². The third kappa shape index (κ3) is 5.50. The second kappa shape index (κ2) is 7.64. The van der Waals surface area contributed by atoms with E-state index in [9.17, 15) is 13.2 Å². The van der Waals surface area contributed by atoms with E-state index in [-0.39, 0.29) is 18.8 Å². The summed E-state index contributed by atoms with van der Waals surface area (Å²) in [5.41, 5.74) is 1.43. The van der Waals surface area contributed by atoms with Crippen LogP contribution in [0.5, 0.6) is 0 Å². The Kier molecular flexibility index (Phi) is 6.48. The molecule has 0 aliphatic rings. The molecule has 5 nitrogen and oxygen atoms in total. The van der Waals surface area contributed by atoms with Crippen molar-refractivity contribution in [3.8, 4) is 0 Å². The minimum absolute atomic E-state index is 0.152. The smallest absolute Gasteiger partial charge is 0.306 e. The number of nitrogens with one attached hydrogen (secondary N) is 1. The highest BCUT2D eigenvalue weighted by Gasteiger charge is 2.15. The number of hydrogen-bond donors (Lipinski definition) is 1. The number of hydrogen-bond acceptors (Lipinski definition) is 4. The predicted octanol–water partition coefficient (Wildman–Crippen LogP) is 2.71. The predicted molar refractivity (Wildman–Crippen MR) is 82.2 cm³/mol. The average molecular weight is 364 g/mol. The van der Waals surface area contributed by atoms with Crippen LogP contribution >= 0.6 is 15.9 Å². The molecule has 112 valence electrons. The summed E-state index contributed by atoms with van der Waals surface area (Å²) >= 11 is 3.35. The van der Waals surface area contributed by atoms with Gasteiger partial charge in [0.1, 0.15) is 0 Å². The number of carbonyl (C=O) groups is 1. The van der Waals surface area contributed by atoms with E-state index >= 15 is 0 Å². The van der Waals surface area contributed by atoms with Crippen molar-refractivity contribution in [3.05, 3.63) is 28.2 Å². The van der Waals surface area contributed by atoms with E-state index in [1.165, 1.54) is 0 Å². The fourth-order valence-electron chi connectivity index (χ4n) is 1.62. The van der Waals surface area contributed by atoms with Crippen LogP contribution in [0, 0.1) is 0 Å². The Balaban J connectivity index is 2.73. The molecule has 0 radical (unpaired) electrons. The summed E-state index contributed by atoms with van der Waals surface area (Å²) in [6, 6.07) is 5.33. The van der Waals surface area contributed by atoms with Crippen molar-refractivity contribution in [1.82, 2.24) is 0 Å². The van der Waals surface area contributed by atoms with Gasteiger partial charge in [-0.05, 0) is 37.1 Å². The van der Waals surface area contributed by atoms with Crippen molar-refractivity contribution in [2.45, 2.75) is 26.7 Å². The van der Waals surface area contributed by atoms with Crippen molar-refractivity contribution >= 4 is 37.6 Å². The van der Waals surface area contributed by atoms with Gasteiger partial charge in [0.05, 0.1) is 24.5 Å². The first kappa shape index (κ1) is 17.0. The number of aryl methyl sites for hydroxylation is 1. The maximum atomic E-state index is 11.9. The first-order valence-electron chi connectivity index (χ1n) is 6.32. The van der Waals surface area contributed by atoms with Crippen LogP contribution in [0.25, 0.3) is 0 Å². The highest BCUT2D eigenvalue weighted by Crippen LogP contribution is 2.22. The summed E-state index contributed by atoms with van der Waals surface area (Å²) in [5.74, 6) is -0.796. The maximum absolute atomic E-state index is 11.9. The number of anilines is 1. The molecule has 1 rings (SSSR count). The summed E-state index contributed by atoms with van der Waals surface area (Å²) in [7, 11) is -3.56. The molecule has 0 aromatic heterocycles. The molecular formula is C13H18BrNO4S. The van der Waals surface area contributed by atoms with E-state index in [0.717, 1.165) is 10.0 Å². The van der Waals surface area contributed by atoms with Gasteiger partial charge in [0.25, 0.3) is 0 Å². The lowest BCUT2D eigenvalue weighted by molar-refractivity contribution is -0.142. The highest BCUT2D eigenvalue weighted by atomic mass is 79.9. The number of rotatable bonds is 7. The van der Waals surface area contributed by atoms with Gasteiger partial charge in [-0.2, -0.15) is 0 Å². The first-order valence-corrected chi connectivity index (χ1v) is 8.77. The molecule has 0 fully saturated rings. The van der Waals surface area contributed by atoms with E-state index in [4.69, 9.17) is 4.74 Å². The van der Waals surface area contributed by atoms with E-state index < -0.39 is 16.0 Å². The molecule has 0 aliphatic carbocycles. The standard InChI is InChI=1S/C13H18BrNO4S/c1-3-10-9-11(14)5-6-12(10)15-20(17,18)8-7-13(16)19-4-2/h5-6,9,15H,3-4,7-8H2,1-2H3. The molecule has 1 aromatic carbocycles. The Hall–Kier alpha value is -1.08. The Morgan fingerprint density at radius 2 is 2.05 bits per heavy atom. The van der Waals surface area contributed by atoms with Crippen LogP contribution in [-0.2, 0) is 26.0 Å². The summed E-state index contributed by atoms with van der Waals surface area (Å²) in [5, 5.41) is 0. The van der Waals surface area contributed by atoms with Crippen LogP contribution in [0.15, 0.2) is 22.7 Å². The monoisotopic (exact) mass is 363 g/mol. The molecule has 1 aromatic rings. The van der Waals surface area contributed by atoms with Crippen LogP contribution < -0.4 is 4.72 Å². The molecule has 0 bridgehead atoms. The van der Waals surface area contributed by atoms with Crippen molar-refractivity contribution in [2.24, 2.45) is 0 Å². The summed E-state index contributed by atoms with van der Waals surface area (Å²) in [6.07, 6.45) is 0.552. The average Bonchev–Trinajstić information content (AvgIpc) is 2.39. The summed E-state index contributed by atoms with van der Waals surface area (Å²) < 4.78 is 32.0. The maximum Gasteiger partial charge on any atom is 0.306 e. The molecule has 0 unspecified atom stereocenters. The number of sulfonamides is 1. The molecule has 0 aliphatic heterocycles. The molecule has 0 saturated carbocycles.